The van der Waals surface area contributed by atoms with E-state index in [9.17, 15) is 5.11 Å². The van der Waals surface area contributed by atoms with Gasteiger partial charge < -0.3 is 9.67 Å². The van der Waals surface area contributed by atoms with Crippen molar-refractivity contribution < 1.29 is 5.11 Å². The fourth-order valence-corrected chi connectivity index (χ4v) is 2.65. The number of hydrogen-bond donors (Lipinski definition) is 1. The minimum absolute atomic E-state index is 0.00595. The van der Waals surface area contributed by atoms with Gasteiger partial charge in [0.2, 0.25) is 0 Å². The van der Waals surface area contributed by atoms with Crippen molar-refractivity contribution in [1.29, 1.82) is 0 Å². The number of aromatic nitrogens is 2. The Labute approximate surface area is 122 Å². The topological polar surface area (TPSA) is 38.0 Å². The zero-order chi connectivity index (χ0) is 14.0. The first-order valence-corrected chi connectivity index (χ1v) is 6.82. The van der Waals surface area contributed by atoms with Crippen molar-refractivity contribution >= 4 is 23.2 Å². The average Bonchev–Trinajstić information content (AvgIpc) is 2.81. The Kier molecular flexibility index (Phi) is 4.19. The second-order valence-corrected chi connectivity index (χ2v) is 5.78. The smallest absolute Gasteiger partial charge is 0.111 e. The standard InChI is InChI=1S/C14H16Cl2N2O/c1-10(2)14(19,8-18-6-5-17-9-18)12-4-3-11(15)7-13(12)16/h3-7,9-10,19H,8H2,1-2H3. The molecule has 0 spiro atoms. The van der Waals surface area contributed by atoms with E-state index < -0.39 is 5.60 Å². The molecule has 0 bridgehead atoms. The lowest BCUT2D eigenvalue weighted by atomic mass is 9.83. The number of benzene rings is 1. The van der Waals surface area contributed by atoms with Crippen LogP contribution in [-0.4, -0.2) is 14.7 Å². The molecule has 1 unspecified atom stereocenters. The highest BCUT2D eigenvalue weighted by Gasteiger charge is 2.35. The van der Waals surface area contributed by atoms with Gasteiger partial charge in [-0.05, 0) is 18.1 Å². The van der Waals surface area contributed by atoms with Gasteiger partial charge in [-0.15, -0.1) is 0 Å². The van der Waals surface area contributed by atoms with E-state index in [1.165, 1.54) is 0 Å². The second-order valence-electron chi connectivity index (χ2n) is 4.94. The molecule has 2 rings (SSSR count). The summed E-state index contributed by atoms with van der Waals surface area (Å²) in [5.74, 6) is -0.00595. The van der Waals surface area contributed by atoms with Crippen LogP contribution in [0.2, 0.25) is 10.0 Å². The highest BCUT2D eigenvalue weighted by Crippen LogP contribution is 2.37. The van der Waals surface area contributed by atoms with Crippen LogP contribution < -0.4 is 0 Å². The molecule has 19 heavy (non-hydrogen) atoms. The van der Waals surface area contributed by atoms with Gasteiger partial charge in [-0.1, -0.05) is 43.1 Å². The molecule has 1 N–H and O–H groups in total. The van der Waals surface area contributed by atoms with Gasteiger partial charge in [0.05, 0.1) is 12.9 Å². The lowest BCUT2D eigenvalue weighted by molar-refractivity contribution is -0.0264. The SMILES string of the molecule is CC(C)C(O)(Cn1ccnc1)c1ccc(Cl)cc1Cl. The first-order valence-electron chi connectivity index (χ1n) is 6.07. The predicted octanol–water partition coefficient (Wildman–Crippen LogP) is 3.73. The summed E-state index contributed by atoms with van der Waals surface area (Å²) in [4.78, 5) is 3.99. The van der Waals surface area contributed by atoms with E-state index in [-0.39, 0.29) is 5.92 Å². The summed E-state index contributed by atoms with van der Waals surface area (Å²) in [6.07, 6.45) is 5.18. The number of nitrogens with zero attached hydrogens (tertiary/aromatic N) is 2. The van der Waals surface area contributed by atoms with E-state index in [0.717, 1.165) is 0 Å². The molecule has 0 fully saturated rings. The zero-order valence-electron chi connectivity index (χ0n) is 10.8. The monoisotopic (exact) mass is 298 g/mol. The summed E-state index contributed by atoms with van der Waals surface area (Å²) in [5.41, 5.74) is -0.384. The molecule has 0 aliphatic carbocycles. The Morgan fingerprint density at radius 1 is 1.37 bits per heavy atom. The van der Waals surface area contributed by atoms with E-state index in [4.69, 9.17) is 23.2 Å². The lowest BCUT2D eigenvalue weighted by Gasteiger charge is -2.33. The average molecular weight is 299 g/mol. The van der Waals surface area contributed by atoms with Gasteiger partial charge in [-0.2, -0.15) is 0 Å². The van der Waals surface area contributed by atoms with Gasteiger partial charge in [-0.3, -0.25) is 0 Å². The third-order valence-corrected chi connectivity index (χ3v) is 3.88. The zero-order valence-corrected chi connectivity index (χ0v) is 12.4. The Balaban J connectivity index is 2.43. The minimum atomic E-state index is -1.07. The van der Waals surface area contributed by atoms with Crippen LogP contribution in [0.3, 0.4) is 0 Å². The molecule has 0 saturated heterocycles. The number of imidazole rings is 1. The summed E-state index contributed by atoms with van der Waals surface area (Å²) in [6, 6.07) is 5.17. The van der Waals surface area contributed by atoms with Crippen LogP contribution in [0.5, 0.6) is 0 Å². The summed E-state index contributed by atoms with van der Waals surface area (Å²) in [6.45, 7) is 4.32. The molecule has 1 atom stereocenters. The molecule has 5 heteroatoms. The Bertz CT molecular complexity index is 555. The molecule has 0 radical (unpaired) electrons. The quantitative estimate of drug-likeness (QED) is 0.934. The van der Waals surface area contributed by atoms with Gasteiger partial charge >= 0.3 is 0 Å². The van der Waals surface area contributed by atoms with Crippen LogP contribution in [0.25, 0.3) is 0 Å². The van der Waals surface area contributed by atoms with Gasteiger partial charge in [0.1, 0.15) is 5.60 Å². The maximum absolute atomic E-state index is 11.0. The third-order valence-electron chi connectivity index (χ3n) is 3.34. The second kappa shape index (κ2) is 5.53. The van der Waals surface area contributed by atoms with Crippen molar-refractivity contribution in [2.45, 2.75) is 26.0 Å². The van der Waals surface area contributed by atoms with E-state index in [0.29, 0.717) is 22.2 Å². The summed E-state index contributed by atoms with van der Waals surface area (Å²) < 4.78 is 1.84. The van der Waals surface area contributed by atoms with Crippen LogP contribution in [0, 0.1) is 5.92 Å². The van der Waals surface area contributed by atoms with Crippen molar-refractivity contribution in [2.75, 3.05) is 0 Å². The largest absolute Gasteiger partial charge is 0.383 e. The van der Waals surface area contributed by atoms with Crippen molar-refractivity contribution in [3.05, 3.63) is 52.5 Å². The molecule has 2 aromatic rings. The van der Waals surface area contributed by atoms with Crippen LogP contribution in [0.15, 0.2) is 36.9 Å². The molecule has 0 aliphatic heterocycles. The van der Waals surface area contributed by atoms with Crippen LogP contribution >= 0.6 is 23.2 Å². The van der Waals surface area contributed by atoms with Gasteiger partial charge in [0, 0.05) is 28.0 Å². The van der Waals surface area contributed by atoms with E-state index in [1.54, 1.807) is 30.7 Å². The van der Waals surface area contributed by atoms with Gasteiger partial charge in [-0.25, -0.2) is 4.98 Å². The maximum Gasteiger partial charge on any atom is 0.111 e. The number of rotatable bonds is 4. The molecular weight excluding hydrogens is 283 g/mol. The van der Waals surface area contributed by atoms with Crippen LogP contribution in [0.1, 0.15) is 19.4 Å². The molecule has 1 heterocycles. The van der Waals surface area contributed by atoms with Gasteiger partial charge in [0.25, 0.3) is 0 Å². The van der Waals surface area contributed by atoms with Crippen LogP contribution in [-0.2, 0) is 12.1 Å². The molecule has 102 valence electrons. The normalized spacial score (nSPS) is 14.6. The van der Waals surface area contributed by atoms with E-state index in [1.807, 2.05) is 24.6 Å². The molecule has 0 amide bonds. The summed E-state index contributed by atoms with van der Waals surface area (Å²) in [7, 11) is 0. The third kappa shape index (κ3) is 2.94. The van der Waals surface area contributed by atoms with E-state index in [2.05, 4.69) is 4.98 Å². The highest BCUT2D eigenvalue weighted by molar-refractivity contribution is 6.35. The van der Waals surface area contributed by atoms with Crippen molar-refractivity contribution in [3.63, 3.8) is 0 Å². The summed E-state index contributed by atoms with van der Waals surface area (Å²) in [5, 5.41) is 12.1. The fourth-order valence-electron chi connectivity index (χ4n) is 2.08. The Hall–Kier alpha value is -1.03. The number of hydrogen-bond acceptors (Lipinski definition) is 2. The Morgan fingerprint density at radius 3 is 2.63 bits per heavy atom. The fraction of sp³-hybridized carbons (Fsp3) is 0.357. The minimum Gasteiger partial charge on any atom is -0.383 e. The highest BCUT2D eigenvalue weighted by atomic mass is 35.5. The lowest BCUT2D eigenvalue weighted by Crippen LogP contribution is -2.37. The predicted molar refractivity (Wildman–Crippen MR) is 77.4 cm³/mol. The first kappa shape index (κ1) is 14.4. The molecule has 0 saturated carbocycles. The van der Waals surface area contributed by atoms with E-state index >= 15 is 0 Å². The van der Waals surface area contributed by atoms with Crippen LogP contribution in [0.4, 0.5) is 0 Å². The van der Waals surface area contributed by atoms with Crippen molar-refractivity contribution in [3.8, 4) is 0 Å². The molecule has 0 aliphatic rings. The molecular formula is C14H16Cl2N2O. The molecule has 1 aromatic carbocycles. The van der Waals surface area contributed by atoms with Gasteiger partial charge in [0.15, 0.2) is 0 Å². The number of halogens is 2. The first-order chi connectivity index (χ1) is 8.93. The summed E-state index contributed by atoms with van der Waals surface area (Å²) >= 11 is 12.1. The Morgan fingerprint density at radius 2 is 2.11 bits per heavy atom. The maximum atomic E-state index is 11.0. The number of aliphatic hydroxyl groups is 1. The molecule has 3 nitrogen and oxygen atoms in total. The van der Waals surface area contributed by atoms with Crippen molar-refractivity contribution in [2.24, 2.45) is 5.92 Å². The molecule has 1 aromatic heterocycles. The van der Waals surface area contributed by atoms with Crippen molar-refractivity contribution in [1.82, 2.24) is 9.55 Å².